The Balaban J connectivity index is 1.74. The molecule has 0 N–H and O–H groups in total. The molecule has 1 aliphatic heterocycles. The van der Waals surface area contributed by atoms with Crippen LogP contribution >= 0.6 is 0 Å². The normalized spacial score (nSPS) is 13.7. The zero-order valence-corrected chi connectivity index (χ0v) is 13.3. The summed E-state index contributed by atoms with van der Waals surface area (Å²) in [6.07, 6.45) is 0. The van der Waals surface area contributed by atoms with E-state index >= 15 is 0 Å². The fourth-order valence-corrected chi connectivity index (χ4v) is 2.72. The van der Waals surface area contributed by atoms with Crippen molar-refractivity contribution in [3.8, 4) is 12.1 Å². The Hall–Kier alpha value is -3.64. The minimum absolute atomic E-state index is 0.00750. The Morgan fingerprint density at radius 1 is 0.920 bits per heavy atom. The molecule has 3 amide bonds. The maximum atomic E-state index is 12.5. The molecule has 0 aromatic heterocycles. The lowest BCUT2D eigenvalue weighted by Gasteiger charge is -2.17. The van der Waals surface area contributed by atoms with Gasteiger partial charge in [-0.15, -0.1) is 0 Å². The van der Waals surface area contributed by atoms with Crippen molar-refractivity contribution in [2.24, 2.45) is 0 Å². The van der Waals surface area contributed by atoms with Crippen molar-refractivity contribution in [1.82, 2.24) is 9.80 Å². The molecule has 0 radical (unpaired) electrons. The van der Waals surface area contributed by atoms with E-state index in [1.807, 2.05) is 6.07 Å². The van der Waals surface area contributed by atoms with Gasteiger partial charge in [-0.3, -0.25) is 9.69 Å². The molecule has 3 rings (SSSR count). The van der Waals surface area contributed by atoms with Gasteiger partial charge >= 0.3 is 6.03 Å². The van der Waals surface area contributed by atoms with Crippen molar-refractivity contribution >= 4 is 11.9 Å². The van der Waals surface area contributed by atoms with E-state index in [0.29, 0.717) is 23.2 Å². The van der Waals surface area contributed by atoms with Gasteiger partial charge in [-0.25, -0.2) is 4.79 Å². The van der Waals surface area contributed by atoms with Gasteiger partial charge in [-0.05, 0) is 29.3 Å². The van der Waals surface area contributed by atoms with E-state index < -0.39 is 0 Å². The van der Waals surface area contributed by atoms with Crippen LogP contribution in [0.3, 0.4) is 0 Å². The summed E-state index contributed by atoms with van der Waals surface area (Å²) in [7, 11) is 0. The number of hydrogen-bond acceptors (Lipinski definition) is 4. The highest BCUT2D eigenvalue weighted by molar-refractivity contribution is 6.01. The molecule has 1 saturated heterocycles. The molecule has 0 aliphatic carbocycles. The first-order valence-corrected chi connectivity index (χ1v) is 7.68. The Kier molecular flexibility index (Phi) is 4.45. The quantitative estimate of drug-likeness (QED) is 0.805. The SMILES string of the molecule is N#Cc1ccc(CN2CC(=O)N(Cc3ccccc3C#N)C2=O)cc1. The Labute approximate surface area is 145 Å². The molecule has 6 nitrogen and oxygen atoms in total. The molecular weight excluding hydrogens is 316 g/mol. The van der Waals surface area contributed by atoms with Crippen LogP contribution in [0, 0.1) is 22.7 Å². The molecule has 0 saturated carbocycles. The van der Waals surface area contributed by atoms with E-state index in [1.54, 1.807) is 48.5 Å². The Morgan fingerprint density at radius 3 is 2.32 bits per heavy atom. The molecule has 1 aliphatic rings. The van der Waals surface area contributed by atoms with Crippen LogP contribution in [0.15, 0.2) is 48.5 Å². The standard InChI is InChI=1S/C19H14N4O2/c20-9-14-5-7-15(8-6-14)11-22-13-18(24)23(19(22)25)12-17-4-2-1-3-16(17)10-21/h1-8H,11-13H2. The van der Waals surface area contributed by atoms with Crippen LogP contribution in [0.1, 0.15) is 22.3 Å². The molecule has 2 aromatic carbocycles. The summed E-state index contributed by atoms with van der Waals surface area (Å²) in [5.74, 6) is -0.286. The molecule has 1 heterocycles. The zero-order chi connectivity index (χ0) is 17.8. The van der Waals surface area contributed by atoms with Crippen molar-refractivity contribution < 1.29 is 9.59 Å². The lowest BCUT2D eigenvalue weighted by atomic mass is 10.1. The van der Waals surface area contributed by atoms with Crippen molar-refractivity contribution in [3.63, 3.8) is 0 Å². The number of nitrogens with zero attached hydrogens (tertiary/aromatic N) is 4. The highest BCUT2D eigenvalue weighted by Crippen LogP contribution is 2.19. The van der Waals surface area contributed by atoms with Crippen LogP contribution in [0.5, 0.6) is 0 Å². The van der Waals surface area contributed by atoms with Gasteiger partial charge in [0.1, 0.15) is 6.54 Å². The molecule has 0 unspecified atom stereocenters. The minimum Gasteiger partial charge on any atom is -0.311 e. The molecule has 0 spiro atoms. The minimum atomic E-state index is -0.373. The fourth-order valence-electron chi connectivity index (χ4n) is 2.72. The summed E-state index contributed by atoms with van der Waals surface area (Å²) in [4.78, 5) is 27.4. The molecular formula is C19H14N4O2. The molecule has 0 atom stereocenters. The number of hydrogen-bond donors (Lipinski definition) is 0. The predicted octanol–water partition coefficient (Wildman–Crippen LogP) is 2.39. The van der Waals surface area contributed by atoms with Gasteiger partial charge in [0.2, 0.25) is 0 Å². The first kappa shape index (κ1) is 16.2. The second-order valence-electron chi connectivity index (χ2n) is 5.70. The first-order valence-electron chi connectivity index (χ1n) is 7.68. The average molecular weight is 330 g/mol. The Morgan fingerprint density at radius 2 is 1.64 bits per heavy atom. The number of nitriles is 2. The monoisotopic (exact) mass is 330 g/mol. The molecule has 0 bridgehead atoms. The summed E-state index contributed by atoms with van der Waals surface area (Å²) in [6.45, 7) is 0.394. The molecule has 122 valence electrons. The van der Waals surface area contributed by atoms with Crippen LogP contribution in [-0.2, 0) is 17.9 Å². The number of benzene rings is 2. The molecule has 2 aromatic rings. The number of imide groups is 1. The number of carbonyl (C=O) groups is 2. The van der Waals surface area contributed by atoms with Gasteiger partial charge in [0, 0.05) is 6.54 Å². The van der Waals surface area contributed by atoms with E-state index in [-0.39, 0.29) is 25.0 Å². The highest BCUT2D eigenvalue weighted by Gasteiger charge is 2.36. The third-order valence-corrected chi connectivity index (χ3v) is 4.05. The van der Waals surface area contributed by atoms with Gasteiger partial charge in [0.05, 0.1) is 29.8 Å². The lowest BCUT2D eigenvalue weighted by Crippen LogP contribution is -2.32. The topological polar surface area (TPSA) is 88.2 Å². The number of amides is 3. The van der Waals surface area contributed by atoms with Crippen molar-refractivity contribution in [1.29, 1.82) is 10.5 Å². The maximum Gasteiger partial charge on any atom is 0.327 e. The van der Waals surface area contributed by atoms with Crippen LogP contribution in [0.4, 0.5) is 4.79 Å². The van der Waals surface area contributed by atoms with Gasteiger partial charge in [0.25, 0.3) is 5.91 Å². The second-order valence-corrected chi connectivity index (χ2v) is 5.70. The number of rotatable bonds is 4. The van der Waals surface area contributed by atoms with Crippen molar-refractivity contribution in [2.75, 3.05) is 6.54 Å². The highest BCUT2D eigenvalue weighted by atomic mass is 16.2. The summed E-state index contributed by atoms with van der Waals surface area (Å²) in [5.41, 5.74) is 2.49. The van der Waals surface area contributed by atoms with Gasteiger partial charge in [-0.1, -0.05) is 30.3 Å². The van der Waals surface area contributed by atoms with Crippen LogP contribution in [0.25, 0.3) is 0 Å². The largest absolute Gasteiger partial charge is 0.327 e. The number of carbonyl (C=O) groups excluding carboxylic acids is 2. The summed E-state index contributed by atoms with van der Waals surface area (Å²) < 4.78 is 0. The third kappa shape index (κ3) is 3.34. The van der Waals surface area contributed by atoms with E-state index in [1.165, 1.54) is 9.80 Å². The molecule has 1 fully saturated rings. The Bertz CT molecular complexity index is 906. The maximum absolute atomic E-state index is 12.5. The lowest BCUT2D eigenvalue weighted by molar-refractivity contribution is -0.125. The van der Waals surface area contributed by atoms with Crippen LogP contribution < -0.4 is 0 Å². The van der Waals surface area contributed by atoms with E-state index in [0.717, 1.165) is 5.56 Å². The number of urea groups is 1. The van der Waals surface area contributed by atoms with Crippen molar-refractivity contribution in [3.05, 3.63) is 70.8 Å². The first-order chi connectivity index (χ1) is 12.1. The second kappa shape index (κ2) is 6.86. The summed E-state index contributed by atoms with van der Waals surface area (Å²) >= 11 is 0. The van der Waals surface area contributed by atoms with Crippen LogP contribution in [-0.4, -0.2) is 28.3 Å². The fraction of sp³-hybridized carbons (Fsp3) is 0.158. The summed E-state index contributed by atoms with van der Waals surface area (Å²) in [6, 6.07) is 17.5. The average Bonchev–Trinajstić information content (AvgIpc) is 2.90. The van der Waals surface area contributed by atoms with E-state index in [9.17, 15) is 9.59 Å². The van der Waals surface area contributed by atoms with Gasteiger partial charge in [0.15, 0.2) is 0 Å². The van der Waals surface area contributed by atoms with E-state index in [2.05, 4.69) is 6.07 Å². The summed E-state index contributed by atoms with van der Waals surface area (Å²) in [5, 5.41) is 18.0. The molecule has 25 heavy (non-hydrogen) atoms. The molecule has 6 heteroatoms. The van der Waals surface area contributed by atoms with E-state index in [4.69, 9.17) is 10.5 Å². The van der Waals surface area contributed by atoms with Crippen molar-refractivity contribution in [2.45, 2.75) is 13.1 Å². The van der Waals surface area contributed by atoms with Crippen LogP contribution in [0.2, 0.25) is 0 Å². The zero-order valence-electron chi connectivity index (χ0n) is 13.3. The third-order valence-electron chi connectivity index (χ3n) is 4.05. The predicted molar refractivity (Wildman–Crippen MR) is 88.7 cm³/mol. The smallest absolute Gasteiger partial charge is 0.311 e. The van der Waals surface area contributed by atoms with Gasteiger partial charge < -0.3 is 4.90 Å². The van der Waals surface area contributed by atoms with Gasteiger partial charge in [-0.2, -0.15) is 10.5 Å².